The number of amides is 2. The van der Waals surface area contributed by atoms with Gasteiger partial charge in [-0.3, -0.25) is 0 Å². The maximum atomic E-state index is 12.6. The molecule has 138 valence electrons. The molecule has 2 amide bonds. The summed E-state index contributed by atoms with van der Waals surface area (Å²) in [6.07, 6.45) is 0. The van der Waals surface area contributed by atoms with Gasteiger partial charge in [0.15, 0.2) is 0 Å². The van der Waals surface area contributed by atoms with Crippen LogP contribution in [0.3, 0.4) is 0 Å². The molecule has 0 saturated carbocycles. The lowest BCUT2D eigenvalue weighted by molar-refractivity contribution is 0.208. The van der Waals surface area contributed by atoms with Crippen molar-refractivity contribution in [2.24, 2.45) is 0 Å². The molecular formula is C20H24ClN3O2. The van der Waals surface area contributed by atoms with Gasteiger partial charge >= 0.3 is 6.03 Å². The highest BCUT2D eigenvalue weighted by Gasteiger charge is 2.23. The molecule has 0 aliphatic carbocycles. The minimum atomic E-state index is -0.116. The first-order valence-corrected chi connectivity index (χ1v) is 9.08. The summed E-state index contributed by atoms with van der Waals surface area (Å²) < 4.78 is 5.33. The fraction of sp³-hybridized carbons (Fsp3) is 0.350. The van der Waals surface area contributed by atoms with Crippen LogP contribution in [-0.4, -0.2) is 44.2 Å². The van der Waals surface area contributed by atoms with Gasteiger partial charge in [0.25, 0.3) is 0 Å². The maximum Gasteiger partial charge on any atom is 0.322 e. The second kappa shape index (κ2) is 7.87. The number of urea groups is 1. The highest BCUT2D eigenvalue weighted by Crippen LogP contribution is 2.31. The lowest BCUT2D eigenvalue weighted by Crippen LogP contribution is -2.50. The van der Waals surface area contributed by atoms with Crippen molar-refractivity contribution in [2.45, 2.75) is 13.8 Å². The van der Waals surface area contributed by atoms with Crippen LogP contribution in [0.1, 0.15) is 11.1 Å². The van der Waals surface area contributed by atoms with Crippen LogP contribution in [0, 0.1) is 13.8 Å². The van der Waals surface area contributed by atoms with Gasteiger partial charge in [0.05, 0.1) is 12.8 Å². The molecule has 1 aliphatic rings. The lowest BCUT2D eigenvalue weighted by atomic mass is 10.1. The summed E-state index contributed by atoms with van der Waals surface area (Å²) in [6, 6.07) is 11.8. The minimum Gasteiger partial charge on any atom is -0.495 e. The fourth-order valence-electron chi connectivity index (χ4n) is 3.19. The Labute approximate surface area is 159 Å². The Balaban J connectivity index is 1.64. The molecule has 5 nitrogen and oxygen atoms in total. The van der Waals surface area contributed by atoms with Crippen LogP contribution in [0.4, 0.5) is 16.2 Å². The molecule has 0 spiro atoms. The van der Waals surface area contributed by atoms with E-state index in [1.807, 2.05) is 24.0 Å². The molecule has 0 bridgehead atoms. The van der Waals surface area contributed by atoms with Crippen molar-refractivity contribution in [3.63, 3.8) is 0 Å². The lowest BCUT2D eigenvalue weighted by Gasteiger charge is -2.36. The monoisotopic (exact) mass is 373 g/mol. The van der Waals surface area contributed by atoms with E-state index < -0.39 is 0 Å². The topological polar surface area (TPSA) is 44.8 Å². The number of ether oxygens (including phenoxy) is 1. The Hall–Kier alpha value is -2.40. The summed E-state index contributed by atoms with van der Waals surface area (Å²) in [5.74, 6) is 0.562. The van der Waals surface area contributed by atoms with Crippen LogP contribution in [0.25, 0.3) is 0 Å². The Morgan fingerprint density at radius 2 is 1.77 bits per heavy atom. The first-order valence-electron chi connectivity index (χ1n) is 8.70. The molecule has 0 aromatic heterocycles. The van der Waals surface area contributed by atoms with E-state index in [0.29, 0.717) is 29.5 Å². The normalized spacial score (nSPS) is 14.3. The van der Waals surface area contributed by atoms with Crippen LogP contribution in [-0.2, 0) is 0 Å². The first kappa shape index (κ1) is 18.4. The first-order chi connectivity index (χ1) is 12.5. The second-order valence-electron chi connectivity index (χ2n) is 6.49. The molecule has 1 fully saturated rings. The van der Waals surface area contributed by atoms with Crippen molar-refractivity contribution in [3.8, 4) is 5.75 Å². The minimum absolute atomic E-state index is 0.116. The van der Waals surface area contributed by atoms with Crippen molar-refractivity contribution >= 4 is 29.0 Å². The number of carbonyl (C=O) groups is 1. The third-order valence-electron chi connectivity index (χ3n) is 4.75. The van der Waals surface area contributed by atoms with Gasteiger partial charge in [0.2, 0.25) is 0 Å². The zero-order valence-corrected chi connectivity index (χ0v) is 16.1. The molecule has 26 heavy (non-hydrogen) atoms. The number of nitrogens with one attached hydrogen (secondary N) is 1. The number of hydrogen-bond acceptors (Lipinski definition) is 3. The molecule has 1 saturated heterocycles. The highest BCUT2D eigenvalue weighted by molar-refractivity contribution is 6.31. The Kier molecular flexibility index (Phi) is 5.57. The van der Waals surface area contributed by atoms with E-state index in [9.17, 15) is 4.79 Å². The Morgan fingerprint density at radius 1 is 1.08 bits per heavy atom. The van der Waals surface area contributed by atoms with Gasteiger partial charge in [0, 0.05) is 43.0 Å². The summed E-state index contributed by atoms with van der Waals surface area (Å²) in [5, 5.41) is 3.57. The zero-order valence-electron chi connectivity index (χ0n) is 15.4. The zero-order chi connectivity index (χ0) is 18.7. The standard InChI is InChI=1S/C20H24ClN3O2/c1-14-6-4-5-7-18(14)23-8-10-24(11-9-23)20(25)22-17-12-15(2)16(21)13-19(17)26-3/h4-7,12-13H,8-11H2,1-3H3,(H,22,25). The van der Waals surface area contributed by atoms with E-state index in [2.05, 4.69) is 35.3 Å². The maximum absolute atomic E-state index is 12.6. The molecule has 0 atom stereocenters. The van der Waals surface area contributed by atoms with Crippen molar-refractivity contribution < 1.29 is 9.53 Å². The number of benzene rings is 2. The second-order valence-corrected chi connectivity index (χ2v) is 6.90. The molecule has 1 N–H and O–H groups in total. The van der Waals surface area contributed by atoms with Gasteiger partial charge in [0.1, 0.15) is 5.75 Å². The molecule has 1 aliphatic heterocycles. The number of rotatable bonds is 3. The number of hydrogen-bond donors (Lipinski definition) is 1. The third-order valence-corrected chi connectivity index (χ3v) is 5.15. The number of methoxy groups -OCH3 is 1. The SMILES string of the molecule is COc1cc(Cl)c(C)cc1NC(=O)N1CCN(c2ccccc2C)CC1. The number of para-hydroxylation sites is 1. The van der Waals surface area contributed by atoms with Crippen molar-refractivity contribution in [1.82, 2.24) is 4.90 Å². The summed E-state index contributed by atoms with van der Waals surface area (Å²) in [6.45, 7) is 7.00. The third kappa shape index (κ3) is 3.88. The molecular weight excluding hydrogens is 350 g/mol. The quantitative estimate of drug-likeness (QED) is 0.871. The molecule has 3 rings (SSSR count). The van der Waals surface area contributed by atoms with E-state index in [-0.39, 0.29) is 6.03 Å². The number of anilines is 2. The van der Waals surface area contributed by atoms with Gasteiger partial charge in [-0.1, -0.05) is 29.8 Å². The summed E-state index contributed by atoms with van der Waals surface area (Å²) in [4.78, 5) is 16.8. The molecule has 0 radical (unpaired) electrons. The molecule has 1 heterocycles. The number of aryl methyl sites for hydroxylation is 2. The van der Waals surface area contributed by atoms with Crippen LogP contribution >= 0.6 is 11.6 Å². The largest absolute Gasteiger partial charge is 0.495 e. The van der Waals surface area contributed by atoms with Crippen molar-refractivity contribution in [1.29, 1.82) is 0 Å². The van der Waals surface area contributed by atoms with Crippen LogP contribution < -0.4 is 15.0 Å². The molecule has 2 aromatic carbocycles. The van der Waals surface area contributed by atoms with E-state index in [4.69, 9.17) is 16.3 Å². The predicted molar refractivity (Wildman–Crippen MR) is 107 cm³/mol. The van der Waals surface area contributed by atoms with Crippen LogP contribution in [0.5, 0.6) is 5.75 Å². The Morgan fingerprint density at radius 3 is 2.42 bits per heavy atom. The van der Waals surface area contributed by atoms with E-state index >= 15 is 0 Å². The van der Waals surface area contributed by atoms with Crippen LogP contribution in [0.15, 0.2) is 36.4 Å². The summed E-state index contributed by atoms with van der Waals surface area (Å²) in [7, 11) is 1.57. The molecule has 6 heteroatoms. The summed E-state index contributed by atoms with van der Waals surface area (Å²) >= 11 is 6.13. The number of carbonyl (C=O) groups excluding carboxylic acids is 1. The Bertz CT molecular complexity index is 802. The fourth-order valence-corrected chi connectivity index (χ4v) is 3.35. The number of nitrogens with zero attached hydrogens (tertiary/aromatic N) is 2. The average molecular weight is 374 g/mol. The molecule has 0 unspecified atom stereocenters. The average Bonchev–Trinajstić information content (AvgIpc) is 2.65. The van der Waals surface area contributed by atoms with Gasteiger partial charge in [-0.2, -0.15) is 0 Å². The molecule has 2 aromatic rings. The van der Waals surface area contributed by atoms with Gasteiger partial charge in [-0.05, 0) is 37.1 Å². The van der Waals surface area contributed by atoms with Crippen LogP contribution in [0.2, 0.25) is 5.02 Å². The highest BCUT2D eigenvalue weighted by atomic mass is 35.5. The number of piperazine rings is 1. The van der Waals surface area contributed by atoms with Gasteiger partial charge in [-0.15, -0.1) is 0 Å². The predicted octanol–water partition coefficient (Wildman–Crippen LogP) is 4.32. The van der Waals surface area contributed by atoms with E-state index in [0.717, 1.165) is 18.7 Å². The van der Waals surface area contributed by atoms with Crippen molar-refractivity contribution in [2.75, 3.05) is 43.5 Å². The van der Waals surface area contributed by atoms with Gasteiger partial charge in [-0.25, -0.2) is 4.79 Å². The van der Waals surface area contributed by atoms with Gasteiger partial charge < -0.3 is 19.9 Å². The van der Waals surface area contributed by atoms with Crippen molar-refractivity contribution in [3.05, 3.63) is 52.5 Å². The number of halogens is 1. The summed E-state index contributed by atoms with van der Waals surface area (Å²) in [5.41, 5.74) is 4.03. The van der Waals surface area contributed by atoms with E-state index in [1.165, 1.54) is 11.3 Å². The smallest absolute Gasteiger partial charge is 0.322 e. The van der Waals surface area contributed by atoms with E-state index in [1.54, 1.807) is 13.2 Å².